The van der Waals surface area contributed by atoms with Crippen LogP contribution in [0.2, 0.25) is 10.0 Å². The standard InChI is InChI=1S/C17H16BrCl2NO2S/c1-22-7-6-21-17(24)14-8-12(18)3-5-16(14)23-10-11-2-4-13(19)9-15(11)20/h2-5,8-9H,6-7,10H2,1H3,(H,21,24). The third kappa shape index (κ3) is 5.60. The van der Waals surface area contributed by atoms with E-state index >= 15 is 0 Å². The summed E-state index contributed by atoms with van der Waals surface area (Å²) in [5.41, 5.74) is 1.66. The van der Waals surface area contributed by atoms with Crippen LogP contribution >= 0.6 is 51.3 Å². The predicted octanol–water partition coefficient (Wildman–Crippen LogP) is 5.25. The Morgan fingerprint density at radius 3 is 2.71 bits per heavy atom. The molecule has 24 heavy (non-hydrogen) atoms. The van der Waals surface area contributed by atoms with E-state index in [-0.39, 0.29) is 0 Å². The Bertz CT molecular complexity index is 728. The smallest absolute Gasteiger partial charge is 0.130 e. The average molecular weight is 449 g/mol. The lowest BCUT2D eigenvalue weighted by Gasteiger charge is -2.15. The molecule has 0 amide bonds. The molecule has 2 aromatic rings. The number of nitrogens with one attached hydrogen (secondary N) is 1. The quantitative estimate of drug-likeness (QED) is 0.463. The van der Waals surface area contributed by atoms with Gasteiger partial charge in [-0.2, -0.15) is 0 Å². The first kappa shape index (κ1) is 19.5. The molecule has 0 fully saturated rings. The van der Waals surface area contributed by atoms with Crippen molar-refractivity contribution in [1.82, 2.24) is 5.32 Å². The van der Waals surface area contributed by atoms with Crippen molar-refractivity contribution in [1.29, 1.82) is 0 Å². The minimum absolute atomic E-state index is 0.325. The molecule has 0 aliphatic carbocycles. The largest absolute Gasteiger partial charge is 0.488 e. The second kappa shape index (κ2) is 9.59. The highest BCUT2D eigenvalue weighted by Gasteiger charge is 2.11. The van der Waals surface area contributed by atoms with Crippen LogP contribution in [0.3, 0.4) is 0 Å². The van der Waals surface area contributed by atoms with Gasteiger partial charge in [0.25, 0.3) is 0 Å². The lowest BCUT2D eigenvalue weighted by molar-refractivity contribution is 0.204. The van der Waals surface area contributed by atoms with Crippen LogP contribution < -0.4 is 10.1 Å². The number of halogens is 3. The molecule has 1 N–H and O–H groups in total. The molecule has 0 spiro atoms. The Labute approximate surface area is 165 Å². The number of methoxy groups -OCH3 is 1. The molecule has 0 bridgehead atoms. The number of thiocarbonyl (C=S) groups is 1. The maximum Gasteiger partial charge on any atom is 0.130 e. The van der Waals surface area contributed by atoms with Gasteiger partial charge in [-0.15, -0.1) is 0 Å². The van der Waals surface area contributed by atoms with Crippen molar-refractivity contribution in [2.75, 3.05) is 20.3 Å². The molecule has 3 nitrogen and oxygen atoms in total. The third-order valence-electron chi connectivity index (χ3n) is 3.18. The topological polar surface area (TPSA) is 30.5 Å². The number of hydrogen-bond acceptors (Lipinski definition) is 3. The van der Waals surface area contributed by atoms with E-state index in [1.807, 2.05) is 24.3 Å². The van der Waals surface area contributed by atoms with Gasteiger partial charge in [-0.3, -0.25) is 0 Å². The zero-order chi connectivity index (χ0) is 17.5. The lowest BCUT2D eigenvalue weighted by atomic mass is 10.2. The van der Waals surface area contributed by atoms with Crippen LogP contribution in [0.25, 0.3) is 0 Å². The molecule has 0 saturated heterocycles. The Hall–Kier alpha value is -0.850. The number of hydrogen-bond donors (Lipinski definition) is 1. The van der Waals surface area contributed by atoms with Gasteiger partial charge in [0, 0.05) is 33.7 Å². The fraction of sp³-hybridized carbons (Fsp3) is 0.235. The second-order valence-corrected chi connectivity index (χ2v) is 7.08. The Balaban J connectivity index is 2.13. The SMILES string of the molecule is COCCNC(=S)c1cc(Br)ccc1OCc1ccc(Cl)cc1Cl. The normalized spacial score (nSPS) is 10.5. The monoisotopic (exact) mass is 447 g/mol. The van der Waals surface area contributed by atoms with Crippen LogP contribution in [0.4, 0.5) is 0 Å². The van der Waals surface area contributed by atoms with E-state index in [2.05, 4.69) is 21.2 Å². The maximum absolute atomic E-state index is 6.18. The highest BCUT2D eigenvalue weighted by atomic mass is 79.9. The summed E-state index contributed by atoms with van der Waals surface area (Å²) in [7, 11) is 1.65. The molecule has 0 unspecified atom stereocenters. The molecule has 2 aromatic carbocycles. The molecule has 0 heterocycles. The van der Waals surface area contributed by atoms with Crippen molar-refractivity contribution < 1.29 is 9.47 Å². The molecular weight excluding hydrogens is 433 g/mol. The van der Waals surface area contributed by atoms with Crippen molar-refractivity contribution in [2.45, 2.75) is 6.61 Å². The first-order valence-electron chi connectivity index (χ1n) is 7.14. The maximum atomic E-state index is 6.18. The molecule has 2 rings (SSSR count). The van der Waals surface area contributed by atoms with E-state index in [1.54, 1.807) is 19.2 Å². The van der Waals surface area contributed by atoms with Crippen molar-refractivity contribution in [3.05, 3.63) is 62.0 Å². The van der Waals surface area contributed by atoms with E-state index in [1.165, 1.54) is 0 Å². The van der Waals surface area contributed by atoms with Crippen molar-refractivity contribution in [2.24, 2.45) is 0 Å². The third-order valence-corrected chi connectivity index (χ3v) is 4.62. The number of rotatable bonds is 7. The van der Waals surface area contributed by atoms with Crippen LogP contribution in [0.15, 0.2) is 40.9 Å². The van der Waals surface area contributed by atoms with Crippen LogP contribution in [0.5, 0.6) is 5.75 Å². The molecule has 0 radical (unpaired) electrons. The lowest BCUT2D eigenvalue weighted by Crippen LogP contribution is -2.26. The number of benzene rings is 2. The molecule has 0 atom stereocenters. The van der Waals surface area contributed by atoms with Gasteiger partial charge >= 0.3 is 0 Å². The van der Waals surface area contributed by atoms with E-state index in [4.69, 9.17) is 44.9 Å². The van der Waals surface area contributed by atoms with E-state index in [0.717, 1.165) is 15.6 Å². The second-order valence-electron chi connectivity index (χ2n) is 4.91. The summed E-state index contributed by atoms with van der Waals surface area (Å²) in [5, 5.41) is 4.31. The van der Waals surface area contributed by atoms with Gasteiger partial charge in [0.15, 0.2) is 0 Å². The summed E-state index contributed by atoms with van der Waals surface area (Å²) in [4.78, 5) is 0.602. The fourth-order valence-electron chi connectivity index (χ4n) is 1.96. The molecule has 0 aliphatic heterocycles. The predicted molar refractivity (Wildman–Crippen MR) is 107 cm³/mol. The first-order valence-corrected chi connectivity index (χ1v) is 9.10. The zero-order valence-electron chi connectivity index (χ0n) is 12.9. The van der Waals surface area contributed by atoms with Gasteiger partial charge in [-0.05, 0) is 30.3 Å². The molecule has 0 aliphatic rings. The summed E-state index contributed by atoms with van der Waals surface area (Å²) >= 11 is 21.0. The molecule has 7 heteroatoms. The van der Waals surface area contributed by atoms with E-state index in [0.29, 0.717) is 40.5 Å². The summed E-state index contributed by atoms with van der Waals surface area (Å²) in [6.45, 7) is 1.53. The summed E-state index contributed by atoms with van der Waals surface area (Å²) in [6.07, 6.45) is 0. The average Bonchev–Trinajstić information content (AvgIpc) is 2.55. The van der Waals surface area contributed by atoms with Crippen LogP contribution in [0, 0.1) is 0 Å². The van der Waals surface area contributed by atoms with Gasteiger partial charge in [0.1, 0.15) is 17.3 Å². The van der Waals surface area contributed by atoms with Crippen LogP contribution in [-0.2, 0) is 11.3 Å². The first-order chi connectivity index (χ1) is 11.5. The van der Waals surface area contributed by atoms with Gasteiger partial charge in [-0.25, -0.2) is 0 Å². The van der Waals surface area contributed by atoms with E-state index in [9.17, 15) is 0 Å². The zero-order valence-corrected chi connectivity index (χ0v) is 16.9. The highest BCUT2D eigenvalue weighted by Crippen LogP contribution is 2.27. The highest BCUT2D eigenvalue weighted by molar-refractivity contribution is 9.10. The van der Waals surface area contributed by atoms with Gasteiger partial charge in [0.05, 0.1) is 12.2 Å². The molecule has 0 aromatic heterocycles. The summed E-state index contributed by atoms with van der Waals surface area (Å²) in [6, 6.07) is 11.0. The van der Waals surface area contributed by atoms with Gasteiger partial charge in [0.2, 0.25) is 0 Å². The van der Waals surface area contributed by atoms with Gasteiger partial charge in [-0.1, -0.05) is 57.4 Å². The Morgan fingerprint density at radius 2 is 2.00 bits per heavy atom. The fourth-order valence-corrected chi connectivity index (χ4v) is 3.05. The van der Waals surface area contributed by atoms with Crippen LogP contribution in [-0.4, -0.2) is 25.2 Å². The number of ether oxygens (including phenoxy) is 2. The Kier molecular flexibility index (Phi) is 7.78. The van der Waals surface area contributed by atoms with E-state index < -0.39 is 0 Å². The van der Waals surface area contributed by atoms with Crippen molar-refractivity contribution >= 4 is 56.3 Å². The van der Waals surface area contributed by atoms with Crippen molar-refractivity contribution in [3.8, 4) is 5.75 Å². The van der Waals surface area contributed by atoms with Gasteiger partial charge < -0.3 is 14.8 Å². The Morgan fingerprint density at radius 1 is 1.21 bits per heavy atom. The molecule has 0 saturated carbocycles. The molecule has 128 valence electrons. The summed E-state index contributed by atoms with van der Waals surface area (Å²) in [5.74, 6) is 0.680. The minimum atomic E-state index is 0.325. The summed E-state index contributed by atoms with van der Waals surface area (Å²) < 4.78 is 11.9. The minimum Gasteiger partial charge on any atom is -0.488 e. The van der Waals surface area contributed by atoms with Crippen LogP contribution in [0.1, 0.15) is 11.1 Å². The molecular formula is C17H16BrCl2NO2S. The van der Waals surface area contributed by atoms with Crippen molar-refractivity contribution in [3.63, 3.8) is 0 Å².